The normalized spacial score (nSPS) is 16.7. The SMILES string of the molecule is COc1cc(OC)cc(N2CCC(N(C)c3cc(C)nc4nc(C(F)(F)F)nn34)C2)c1. The number of aryl methyl sites for hydroxylation is 1. The van der Waals surface area contributed by atoms with Crippen LogP contribution in [0, 0.1) is 6.92 Å². The van der Waals surface area contributed by atoms with Crippen LogP contribution in [0.15, 0.2) is 24.3 Å². The van der Waals surface area contributed by atoms with Crippen molar-refractivity contribution in [2.24, 2.45) is 0 Å². The Balaban J connectivity index is 1.62. The average Bonchev–Trinajstić information content (AvgIpc) is 3.39. The lowest BCUT2D eigenvalue weighted by atomic mass is 10.2. The van der Waals surface area contributed by atoms with Crippen molar-refractivity contribution in [1.82, 2.24) is 19.6 Å². The summed E-state index contributed by atoms with van der Waals surface area (Å²) in [4.78, 5) is 11.8. The van der Waals surface area contributed by atoms with Crippen LogP contribution in [0.3, 0.4) is 0 Å². The Hall–Kier alpha value is -3.24. The maximum atomic E-state index is 13.1. The van der Waals surface area contributed by atoms with Crippen molar-refractivity contribution in [3.05, 3.63) is 35.8 Å². The number of rotatable bonds is 5. The van der Waals surface area contributed by atoms with Gasteiger partial charge < -0.3 is 19.3 Å². The third-order valence-electron chi connectivity index (χ3n) is 5.45. The molecule has 3 heterocycles. The lowest BCUT2D eigenvalue weighted by Gasteiger charge is -2.27. The number of aromatic nitrogens is 4. The second-order valence-electron chi connectivity index (χ2n) is 7.47. The highest BCUT2D eigenvalue weighted by atomic mass is 19.4. The first-order chi connectivity index (χ1) is 14.7. The Morgan fingerprint density at radius 2 is 1.74 bits per heavy atom. The summed E-state index contributed by atoms with van der Waals surface area (Å²) in [6.45, 7) is 3.18. The number of ether oxygens (including phenoxy) is 2. The number of nitrogens with zero attached hydrogens (tertiary/aromatic N) is 6. The fourth-order valence-electron chi connectivity index (χ4n) is 3.79. The molecule has 0 N–H and O–H groups in total. The number of likely N-dealkylation sites (N-methyl/N-ethyl adjacent to an activating group) is 1. The summed E-state index contributed by atoms with van der Waals surface area (Å²) in [5, 5.41) is 3.67. The molecule has 3 aromatic rings. The van der Waals surface area contributed by atoms with E-state index in [1.165, 1.54) is 0 Å². The number of benzene rings is 1. The van der Waals surface area contributed by atoms with Gasteiger partial charge in [-0.15, -0.1) is 5.10 Å². The molecule has 0 aliphatic carbocycles. The van der Waals surface area contributed by atoms with Crippen LogP contribution in [-0.2, 0) is 6.18 Å². The molecule has 2 aromatic heterocycles. The Morgan fingerprint density at radius 1 is 1.06 bits per heavy atom. The number of fused-ring (bicyclic) bond motifs is 1. The molecule has 0 amide bonds. The van der Waals surface area contributed by atoms with Gasteiger partial charge in [0.1, 0.15) is 17.3 Å². The Morgan fingerprint density at radius 3 is 2.35 bits per heavy atom. The molecule has 0 bridgehead atoms. The third kappa shape index (κ3) is 4.04. The van der Waals surface area contributed by atoms with Gasteiger partial charge >= 0.3 is 6.18 Å². The molecule has 8 nitrogen and oxygen atoms in total. The van der Waals surface area contributed by atoms with Gasteiger partial charge in [0.25, 0.3) is 11.6 Å². The summed E-state index contributed by atoms with van der Waals surface area (Å²) < 4.78 is 51.2. The zero-order valence-corrected chi connectivity index (χ0v) is 17.6. The molecule has 1 unspecified atom stereocenters. The van der Waals surface area contributed by atoms with Gasteiger partial charge in [-0.1, -0.05) is 0 Å². The molecule has 0 spiro atoms. The highest BCUT2D eigenvalue weighted by Gasteiger charge is 2.37. The third-order valence-corrected chi connectivity index (χ3v) is 5.45. The van der Waals surface area contributed by atoms with Crippen LogP contribution >= 0.6 is 0 Å². The summed E-state index contributed by atoms with van der Waals surface area (Å²) in [7, 11) is 5.05. The number of methoxy groups -OCH3 is 2. The molecule has 1 atom stereocenters. The topological polar surface area (TPSA) is 68.0 Å². The molecular formula is C20H23F3N6O2. The van der Waals surface area contributed by atoms with Crippen LogP contribution in [-0.4, -0.2) is 60.0 Å². The average molecular weight is 436 g/mol. The highest BCUT2D eigenvalue weighted by molar-refractivity contribution is 5.57. The molecule has 4 rings (SSSR count). The molecular weight excluding hydrogens is 413 g/mol. The monoisotopic (exact) mass is 436 g/mol. The van der Waals surface area contributed by atoms with Crippen LogP contribution in [0.2, 0.25) is 0 Å². The van der Waals surface area contributed by atoms with Gasteiger partial charge in [0.15, 0.2) is 0 Å². The smallest absolute Gasteiger partial charge is 0.453 e. The molecule has 31 heavy (non-hydrogen) atoms. The zero-order chi connectivity index (χ0) is 22.3. The van der Waals surface area contributed by atoms with Crippen LogP contribution in [0.5, 0.6) is 11.5 Å². The first kappa shape index (κ1) is 21.0. The second-order valence-corrected chi connectivity index (χ2v) is 7.47. The van der Waals surface area contributed by atoms with E-state index in [1.54, 1.807) is 27.2 Å². The van der Waals surface area contributed by atoms with E-state index >= 15 is 0 Å². The number of halogens is 3. The lowest BCUT2D eigenvalue weighted by Crippen LogP contribution is -2.36. The van der Waals surface area contributed by atoms with Gasteiger partial charge in [0.05, 0.1) is 14.2 Å². The first-order valence-electron chi connectivity index (χ1n) is 9.72. The zero-order valence-electron chi connectivity index (χ0n) is 17.6. The van der Waals surface area contributed by atoms with E-state index in [0.29, 0.717) is 29.6 Å². The quantitative estimate of drug-likeness (QED) is 0.609. The maximum absolute atomic E-state index is 13.1. The van der Waals surface area contributed by atoms with E-state index < -0.39 is 12.0 Å². The van der Waals surface area contributed by atoms with Crippen molar-refractivity contribution >= 4 is 17.3 Å². The number of hydrogen-bond donors (Lipinski definition) is 0. The van der Waals surface area contributed by atoms with Crippen molar-refractivity contribution in [2.75, 3.05) is 44.2 Å². The molecule has 1 saturated heterocycles. The van der Waals surface area contributed by atoms with Gasteiger partial charge in [-0.2, -0.15) is 22.7 Å². The van der Waals surface area contributed by atoms with Gasteiger partial charge in [0, 0.05) is 61.8 Å². The van der Waals surface area contributed by atoms with E-state index in [0.717, 1.165) is 23.2 Å². The number of hydrogen-bond acceptors (Lipinski definition) is 7. The Bertz CT molecular complexity index is 1080. The van der Waals surface area contributed by atoms with E-state index in [2.05, 4.69) is 20.0 Å². The van der Waals surface area contributed by atoms with Gasteiger partial charge in [-0.05, 0) is 13.3 Å². The van der Waals surface area contributed by atoms with Crippen molar-refractivity contribution in [3.8, 4) is 11.5 Å². The number of anilines is 2. The van der Waals surface area contributed by atoms with Gasteiger partial charge in [0.2, 0.25) is 0 Å². The van der Waals surface area contributed by atoms with E-state index in [9.17, 15) is 13.2 Å². The summed E-state index contributed by atoms with van der Waals surface area (Å²) in [6, 6.07) is 7.46. The molecule has 0 radical (unpaired) electrons. The van der Waals surface area contributed by atoms with Crippen molar-refractivity contribution in [2.45, 2.75) is 25.6 Å². The summed E-state index contributed by atoms with van der Waals surface area (Å²) >= 11 is 0. The minimum atomic E-state index is -4.63. The van der Waals surface area contributed by atoms with E-state index in [1.807, 2.05) is 30.1 Å². The van der Waals surface area contributed by atoms with Gasteiger partial charge in [-0.25, -0.2) is 4.98 Å². The lowest BCUT2D eigenvalue weighted by molar-refractivity contribution is -0.144. The molecule has 0 saturated carbocycles. The maximum Gasteiger partial charge on any atom is 0.453 e. The minimum Gasteiger partial charge on any atom is -0.497 e. The number of alkyl halides is 3. The van der Waals surface area contributed by atoms with Gasteiger partial charge in [-0.3, -0.25) is 0 Å². The van der Waals surface area contributed by atoms with Crippen molar-refractivity contribution < 1.29 is 22.6 Å². The first-order valence-corrected chi connectivity index (χ1v) is 9.72. The summed E-state index contributed by atoms with van der Waals surface area (Å²) in [5.41, 5.74) is 1.53. The second kappa shape index (κ2) is 7.78. The van der Waals surface area contributed by atoms with Crippen LogP contribution in [0.4, 0.5) is 24.7 Å². The standard InChI is InChI=1S/C20H23F3N6O2/c1-12-7-17(29-19(24-12)25-18(26-29)20(21,22)23)27(2)13-5-6-28(11-13)14-8-15(30-3)10-16(9-14)31-4/h7-10,13H,5-6,11H2,1-4H3. The Kier molecular flexibility index (Phi) is 5.28. The van der Waals surface area contributed by atoms with Crippen LogP contribution in [0.1, 0.15) is 17.9 Å². The minimum absolute atomic E-state index is 0.0562. The predicted octanol–water partition coefficient (Wildman–Crippen LogP) is 3.18. The molecule has 166 valence electrons. The molecule has 1 aliphatic heterocycles. The van der Waals surface area contributed by atoms with Crippen LogP contribution < -0.4 is 19.3 Å². The van der Waals surface area contributed by atoms with Crippen molar-refractivity contribution in [3.63, 3.8) is 0 Å². The largest absolute Gasteiger partial charge is 0.497 e. The fraction of sp³-hybridized carbons (Fsp3) is 0.450. The fourth-order valence-corrected chi connectivity index (χ4v) is 3.79. The summed E-state index contributed by atoms with van der Waals surface area (Å²) in [6.07, 6.45) is -3.81. The van der Waals surface area contributed by atoms with E-state index in [-0.39, 0.29) is 11.8 Å². The molecule has 1 aliphatic rings. The Labute approximate surface area is 177 Å². The molecule has 1 aromatic carbocycles. The molecule has 1 fully saturated rings. The summed E-state index contributed by atoms with van der Waals surface area (Å²) in [5.74, 6) is 0.638. The van der Waals surface area contributed by atoms with Crippen LogP contribution in [0.25, 0.3) is 5.78 Å². The molecule has 11 heteroatoms. The van der Waals surface area contributed by atoms with E-state index in [4.69, 9.17) is 9.47 Å². The highest BCUT2D eigenvalue weighted by Crippen LogP contribution is 2.33. The predicted molar refractivity (Wildman–Crippen MR) is 109 cm³/mol. The van der Waals surface area contributed by atoms with Crippen molar-refractivity contribution in [1.29, 1.82) is 0 Å².